The van der Waals surface area contributed by atoms with Gasteiger partial charge in [0.2, 0.25) is 11.8 Å². The summed E-state index contributed by atoms with van der Waals surface area (Å²) in [7, 11) is 0. The SMILES string of the molecule is O=C1CCC(C2C(=O)c3cc(F)c(N4CCC5(CC4)CNC5)cc3C2=O)C(=O)N1. The number of hydrogen-bond acceptors (Lipinski definition) is 6. The van der Waals surface area contributed by atoms with E-state index in [0.29, 0.717) is 24.2 Å². The standard InChI is InChI=1S/C21H22FN3O4/c22-14-7-12-13(8-15(14)25-5-3-21(4-6-25)9-23-10-21)19(28)17(18(12)27)11-1-2-16(26)24-20(11)29/h7-8,11,17,23H,1-6,9-10H2,(H,24,26,29). The van der Waals surface area contributed by atoms with E-state index in [2.05, 4.69) is 10.6 Å². The molecule has 1 spiro atoms. The Balaban J connectivity index is 1.42. The van der Waals surface area contributed by atoms with E-state index in [4.69, 9.17) is 0 Å². The van der Waals surface area contributed by atoms with Gasteiger partial charge in [-0.05, 0) is 36.8 Å². The molecule has 1 aromatic rings. The summed E-state index contributed by atoms with van der Waals surface area (Å²) < 4.78 is 14.9. The molecule has 2 amide bonds. The van der Waals surface area contributed by atoms with Crippen LogP contribution in [0.1, 0.15) is 46.4 Å². The van der Waals surface area contributed by atoms with Gasteiger partial charge in [-0.15, -0.1) is 0 Å². The molecule has 0 radical (unpaired) electrons. The van der Waals surface area contributed by atoms with Crippen molar-refractivity contribution in [2.24, 2.45) is 17.3 Å². The Kier molecular flexibility index (Phi) is 4.10. The minimum Gasteiger partial charge on any atom is -0.369 e. The highest BCUT2D eigenvalue weighted by molar-refractivity contribution is 6.28. The number of Topliss-reactive ketones (excluding diaryl/α,β-unsaturated/α-hetero) is 2. The number of carbonyl (C=O) groups excluding carboxylic acids is 4. The Labute approximate surface area is 167 Å². The fraction of sp³-hybridized carbons (Fsp3) is 0.524. The van der Waals surface area contributed by atoms with Crippen molar-refractivity contribution in [2.75, 3.05) is 31.1 Å². The van der Waals surface area contributed by atoms with Crippen LogP contribution in [0.4, 0.5) is 10.1 Å². The minimum atomic E-state index is -1.17. The third-order valence-corrected chi connectivity index (χ3v) is 7.03. The molecule has 1 aromatic carbocycles. The largest absolute Gasteiger partial charge is 0.369 e. The van der Waals surface area contributed by atoms with Gasteiger partial charge in [-0.2, -0.15) is 0 Å². The van der Waals surface area contributed by atoms with Crippen molar-refractivity contribution in [3.05, 3.63) is 29.1 Å². The molecule has 4 aliphatic rings. The molecule has 3 fully saturated rings. The monoisotopic (exact) mass is 399 g/mol. The minimum absolute atomic E-state index is 0.0441. The maximum absolute atomic E-state index is 14.9. The first-order valence-corrected chi connectivity index (χ1v) is 10.1. The average molecular weight is 399 g/mol. The number of benzene rings is 1. The molecule has 0 saturated carbocycles. The number of hydrogen-bond donors (Lipinski definition) is 2. The lowest BCUT2D eigenvalue weighted by Crippen LogP contribution is -2.58. The predicted molar refractivity (Wildman–Crippen MR) is 101 cm³/mol. The third-order valence-electron chi connectivity index (χ3n) is 7.03. The Hall–Kier alpha value is -2.61. The molecule has 2 atom stereocenters. The summed E-state index contributed by atoms with van der Waals surface area (Å²) in [5.74, 6) is -4.54. The number of ketones is 2. The van der Waals surface area contributed by atoms with Gasteiger partial charge in [-0.1, -0.05) is 0 Å². The van der Waals surface area contributed by atoms with Gasteiger partial charge in [0.1, 0.15) is 5.82 Å². The lowest BCUT2D eigenvalue weighted by atomic mass is 9.73. The molecule has 3 saturated heterocycles. The fourth-order valence-corrected chi connectivity index (χ4v) is 5.11. The van der Waals surface area contributed by atoms with Crippen molar-refractivity contribution >= 4 is 29.1 Å². The molecular formula is C21H22FN3O4. The predicted octanol–water partition coefficient (Wildman–Crippen LogP) is 1.06. The van der Waals surface area contributed by atoms with Gasteiger partial charge in [-0.3, -0.25) is 24.5 Å². The quantitative estimate of drug-likeness (QED) is 0.571. The smallest absolute Gasteiger partial charge is 0.230 e. The fourth-order valence-electron chi connectivity index (χ4n) is 5.11. The molecule has 1 aliphatic carbocycles. The lowest BCUT2D eigenvalue weighted by Gasteiger charge is -2.49. The number of anilines is 1. The number of fused-ring (bicyclic) bond motifs is 1. The normalized spacial score (nSPS) is 28.4. The van der Waals surface area contributed by atoms with Crippen molar-refractivity contribution < 1.29 is 23.6 Å². The van der Waals surface area contributed by atoms with Crippen LogP contribution in [0.15, 0.2) is 12.1 Å². The lowest BCUT2D eigenvalue weighted by molar-refractivity contribution is -0.137. The number of imide groups is 1. The number of rotatable bonds is 2. The molecule has 7 nitrogen and oxygen atoms in total. The zero-order chi connectivity index (χ0) is 20.3. The Morgan fingerprint density at radius 2 is 1.66 bits per heavy atom. The van der Waals surface area contributed by atoms with E-state index < -0.39 is 41.0 Å². The Bertz CT molecular complexity index is 945. The summed E-state index contributed by atoms with van der Waals surface area (Å²) in [4.78, 5) is 51.4. The highest BCUT2D eigenvalue weighted by atomic mass is 19.1. The van der Waals surface area contributed by atoms with E-state index in [9.17, 15) is 23.6 Å². The first-order chi connectivity index (χ1) is 13.9. The summed E-state index contributed by atoms with van der Waals surface area (Å²) in [6.07, 6.45) is 2.16. The summed E-state index contributed by atoms with van der Waals surface area (Å²) >= 11 is 0. The van der Waals surface area contributed by atoms with Crippen LogP contribution in [-0.2, 0) is 9.59 Å². The summed E-state index contributed by atoms with van der Waals surface area (Å²) in [5, 5.41) is 5.49. The summed E-state index contributed by atoms with van der Waals surface area (Å²) in [5.41, 5.74) is 0.886. The number of nitrogens with one attached hydrogen (secondary N) is 2. The van der Waals surface area contributed by atoms with Gasteiger partial charge in [0.05, 0.1) is 17.5 Å². The zero-order valence-corrected chi connectivity index (χ0v) is 15.9. The van der Waals surface area contributed by atoms with Crippen LogP contribution >= 0.6 is 0 Å². The van der Waals surface area contributed by atoms with Gasteiger partial charge in [-0.25, -0.2) is 4.39 Å². The first-order valence-electron chi connectivity index (χ1n) is 10.1. The van der Waals surface area contributed by atoms with Gasteiger partial charge in [0.25, 0.3) is 0 Å². The summed E-state index contributed by atoms with van der Waals surface area (Å²) in [6.45, 7) is 3.40. The van der Waals surface area contributed by atoms with Crippen LogP contribution in [0.3, 0.4) is 0 Å². The van der Waals surface area contributed by atoms with Crippen LogP contribution in [-0.4, -0.2) is 49.6 Å². The van der Waals surface area contributed by atoms with Gasteiger partial charge in [0, 0.05) is 43.7 Å². The van der Waals surface area contributed by atoms with E-state index in [1.54, 1.807) is 0 Å². The number of halogens is 1. The molecule has 5 rings (SSSR count). The number of carbonyl (C=O) groups is 4. The maximum Gasteiger partial charge on any atom is 0.230 e. The second kappa shape index (κ2) is 6.45. The second-order valence-electron chi connectivity index (χ2n) is 8.70. The maximum atomic E-state index is 14.9. The van der Waals surface area contributed by atoms with Crippen LogP contribution < -0.4 is 15.5 Å². The highest BCUT2D eigenvalue weighted by Crippen LogP contribution is 2.40. The van der Waals surface area contributed by atoms with Crippen molar-refractivity contribution in [1.29, 1.82) is 0 Å². The average Bonchev–Trinajstić information content (AvgIpc) is 2.90. The van der Waals surface area contributed by atoms with E-state index in [1.807, 2.05) is 4.90 Å². The van der Waals surface area contributed by atoms with Crippen LogP contribution in [0.2, 0.25) is 0 Å². The zero-order valence-electron chi connectivity index (χ0n) is 15.9. The van der Waals surface area contributed by atoms with Crippen molar-refractivity contribution in [3.8, 4) is 0 Å². The van der Waals surface area contributed by atoms with E-state index >= 15 is 0 Å². The molecule has 3 heterocycles. The molecule has 2 N–H and O–H groups in total. The molecule has 29 heavy (non-hydrogen) atoms. The highest BCUT2D eigenvalue weighted by Gasteiger charge is 2.48. The third kappa shape index (κ3) is 2.80. The molecular weight excluding hydrogens is 377 g/mol. The molecule has 3 aliphatic heterocycles. The van der Waals surface area contributed by atoms with E-state index in [1.165, 1.54) is 6.07 Å². The number of amides is 2. The summed E-state index contributed by atoms with van der Waals surface area (Å²) in [6, 6.07) is 2.62. The second-order valence-corrected chi connectivity index (χ2v) is 8.70. The van der Waals surface area contributed by atoms with Gasteiger partial charge < -0.3 is 10.2 Å². The topological polar surface area (TPSA) is 95.6 Å². The molecule has 152 valence electrons. The first kappa shape index (κ1) is 18.4. The number of piperidine rings is 2. The van der Waals surface area contributed by atoms with Crippen LogP contribution in [0, 0.1) is 23.1 Å². The van der Waals surface area contributed by atoms with E-state index in [-0.39, 0.29) is 24.0 Å². The molecule has 0 aromatic heterocycles. The van der Waals surface area contributed by atoms with Crippen LogP contribution in [0.5, 0.6) is 0 Å². The molecule has 0 bridgehead atoms. The Morgan fingerprint density at radius 1 is 1.00 bits per heavy atom. The van der Waals surface area contributed by atoms with Crippen molar-refractivity contribution in [1.82, 2.24) is 10.6 Å². The van der Waals surface area contributed by atoms with Gasteiger partial charge in [0.15, 0.2) is 11.6 Å². The van der Waals surface area contributed by atoms with Crippen molar-refractivity contribution in [2.45, 2.75) is 25.7 Å². The molecule has 2 unspecified atom stereocenters. The Morgan fingerprint density at radius 3 is 2.24 bits per heavy atom. The van der Waals surface area contributed by atoms with Crippen molar-refractivity contribution in [3.63, 3.8) is 0 Å². The van der Waals surface area contributed by atoms with Crippen LogP contribution in [0.25, 0.3) is 0 Å². The molecule has 8 heteroatoms. The van der Waals surface area contributed by atoms with Gasteiger partial charge >= 0.3 is 0 Å². The van der Waals surface area contributed by atoms with E-state index in [0.717, 1.165) is 32.0 Å². The number of nitrogens with zero attached hydrogens (tertiary/aromatic N) is 1.